The van der Waals surface area contributed by atoms with Gasteiger partial charge in [0.2, 0.25) is 10.0 Å². The van der Waals surface area contributed by atoms with Gasteiger partial charge in [0.1, 0.15) is 17.3 Å². The van der Waals surface area contributed by atoms with Crippen LogP contribution in [0.25, 0.3) is 23.0 Å². The van der Waals surface area contributed by atoms with Gasteiger partial charge in [-0.3, -0.25) is 14.5 Å². The van der Waals surface area contributed by atoms with Crippen LogP contribution < -0.4 is 9.47 Å². The van der Waals surface area contributed by atoms with Crippen molar-refractivity contribution in [3.8, 4) is 34.5 Å². The van der Waals surface area contributed by atoms with E-state index in [1.54, 1.807) is 48.1 Å². The lowest BCUT2D eigenvalue weighted by Gasteiger charge is -2.27. The van der Waals surface area contributed by atoms with Crippen molar-refractivity contribution in [1.29, 1.82) is 5.26 Å². The lowest BCUT2D eigenvalue weighted by Crippen LogP contribution is -2.43. The highest BCUT2D eigenvalue weighted by atomic mass is 32.2. The molecule has 0 saturated heterocycles. The number of methoxy groups -OCH3 is 2. The zero-order chi connectivity index (χ0) is 33.9. The molecule has 1 aromatic heterocycles. The molecule has 12 heteroatoms. The number of nitriles is 1. The van der Waals surface area contributed by atoms with Crippen molar-refractivity contribution in [2.24, 2.45) is 0 Å². The molecule has 0 radical (unpaired) electrons. The third kappa shape index (κ3) is 6.44. The van der Waals surface area contributed by atoms with Crippen LogP contribution in [-0.4, -0.2) is 74.1 Å². The number of imide groups is 1. The summed E-state index contributed by atoms with van der Waals surface area (Å²) in [4.78, 5) is 28.5. The molecule has 1 aliphatic heterocycles. The average molecular weight is 652 g/mol. The summed E-state index contributed by atoms with van der Waals surface area (Å²) in [5.74, 6) is -0.168. The van der Waals surface area contributed by atoms with Gasteiger partial charge in [-0.1, -0.05) is 36.4 Å². The number of carbonyl (C=O) groups is 2. The van der Waals surface area contributed by atoms with Crippen molar-refractivity contribution >= 4 is 27.9 Å². The fourth-order valence-corrected chi connectivity index (χ4v) is 6.16. The van der Waals surface area contributed by atoms with Gasteiger partial charge in [-0.05, 0) is 67.0 Å². The van der Waals surface area contributed by atoms with Crippen LogP contribution in [0.3, 0.4) is 0 Å². The topological polar surface area (TPSA) is 135 Å². The summed E-state index contributed by atoms with van der Waals surface area (Å²) in [6, 6.07) is 23.0. The Hall–Kier alpha value is -5.51. The Balaban J connectivity index is 1.60. The number of rotatable bonds is 10. The molecular weight excluding hydrogens is 618 g/mol. The molecule has 5 rings (SSSR count). The SMILES string of the molecule is COc1ccc(CCN2C(=O)C(C#N)=C(C)/C(=C\c3cn(-c4ccccc4)nc3-c3cccc(S(=O)(=O)N(C)C)c3)C2=O)cc1OC. The standard InChI is InChI=1S/C35H33N5O6S/c1-23-29(34(41)39(35(42)30(23)21-36)17-16-24-14-15-31(45-4)32(18-24)46-5)20-26-22-40(27-11-7-6-8-12-27)37-33(26)25-10-9-13-28(19-25)47(43,44)38(2)3/h6-15,18-20,22H,16-17H2,1-5H3/b29-20+. The number of benzene rings is 3. The van der Waals surface area contributed by atoms with Gasteiger partial charge >= 0.3 is 0 Å². The van der Waals surface area contributed by atoms with Crippen molar-refractivity contribution in [2.75, 3.05) is 34.9 Å². The molecule has 0 N–H and O–H groups in total. The number of aromatic nitrogens is 2. The van der Waals surface area contributed by atoms with Crippen LogP contribution in [-0.2, 0) is 26.0 Å². The van der Waals surface area contributed by atoms with Crippen LogP contribution in [0.5, 0.6) is 11.5 Å². The highest BCUT2D eigenvalue weighted by Gasteiger charge is 2.35. The van der Waals surface area contributed by atoms with E-state index in [2.05, 4.69) is 0 Å². The fraction of sp³-hybridized carbons (Fsp3) is 0.200. The maximum Gasteiger partial charge on any atom is 0.271 e. The second-order valence-electron chi connectivity index (χ2n) is 10.9. The second-order valence-corrected chi connectivity index (χ2v) is 13.1. The number of nitrogens with zero attached hydrogens (tertiary/aromatic N) is 5. The van der Waals surface area contributed by atoms with Crippen LogP contribution >= 0.6 is 0 Å². The lowest BCUT2D eigenvalue weighted by molar-refractivity contribution is -0.140. The number of ether oxygens (including phenoxy) is 2. The van der Waals surface area contributed by atoms with Gasteiger partial charge in [-0.25, -0.2) is 17.4 Å². The Labute approximate surface area is 273 Å². The van der Waals surface area contributed by atoms with Crippen molar-refractivity contribution < 1.29 is 27.5 Å². The van der Waals surface area contributed by atoms with E-state index in [1.165, 1.54) is 40.4 Å². The van der Waals surface area contributed by atoms with Crippen LogP contribution in [0, 0.1) is 11.3 Å². The summed E-state index contributed by atoms with van der Waals surface area (Å²) in [5.41, 5.74) is 3.19. The molecule has 0 unspecified atom stereocenters. The van der Waals surface area contributed by atoms with Gasteiger partial charge in [-0.2, -0.15) is 10.4 Å². The zero-order valence-corrected chi connectivity index (χ0v) is 27.4. The molecule has 3 aromatic carbocycles. The lowest BCUT2D eigenvalue weighted by atomic mass is 9.93. The molecule has 0 bridgehead atoms. The van der Waals surface area contributed by atoms with Crippen molar-refractivity contribution in [2.45, 2.75) is 18.2 Å². The van der Waals surface area contributed by atoms with E-state index in [9.17, 15) is 23.3 Å². The molecule has 0 fully saturated rings. The van der Waals surface area contributed by atoms with Gasteiger partial charge in [0.05, 0.1) is 24.8 Å². The first-order valence-corrected chi connectivity index (χ1v) is 16.0. The average Bonchev–Trinajstić information content (AvgIpc) is 3.51. The van der Waals surface area contributed by atoms with Crippen LogP contribution in [0.2, 0.25) is 0 Å². The van der Waals surface area contributed by atoms with Gasteiger partial charge in [-0.15, -0.1) is 0 Å². The molecular formula is C35H33N5O6S. The summed E-state index contributed by atoms with van der Waals surface area (Å²) in [6.07, 6.45) is 3.63. The first kappa shape index (κ1) is 32.9. The minimum atomic E-state index is -3.75. The van der Waals surface area contributed by atoms with Crippen LogP contribution in [0.4, 0.5) is 0 Å². The van der Waals surface area contributed by atoms with E-state index >= 15 is 0 Å². The molecule has 0 atom stereocenters. The van der Waals surface area contributed by atoms with Gasteiger partial charge in [0.15, 0.2) is 11.5 Å². The van der Waals surface area contributed by atoms with E-state index < -0.39 is 21.8 Å². The molecule has 47 heavy (non-hydrogen) atoms. The number of hydrogen-bond donors (Lipinski definition) is 0. The van der Waals surface area contributed by atoms with E-state index in [-0.39, 0.29) is 28.2 Å². The van der Waals surface area contributed by atoms with Crippen molar-refractivity contribution in [3.05, 3.63) is 107 Å². The van der Waals surface area contributed by atoms with Crippen molar-refractivity contribution in [3.63, 3.8) is 0 Å². The maximum absolute atomic E-state index is 14.0. The van der Waals surface area contributed by atoms with E-state index in [0.717, 1.165) is 20.5 Å². The normalized spacial score (nSPS) is 14.6. The second kappa shape index (κ2) is 13.5. The number of carbonyl (C=O) groups excluding carboxylic acids is 2. The highest BCUT2D eigenvalue weighted by Crippen LogP contribution is 2.33. The monoisotopic (exact) mass is 651 g/mol. The third-order valence-corrected chi connectivity index (χ3v) is 9.66. The van der Waals surface area contributed by atoms with E-state index in [1.807, 2.05) is 42.5 Å². The smallest absolute Gasteiger partial charge is 0.271 e. The third-order valence-electron chi connectivity index (χ3n) is 7.85. The predicted octanol–water partition coefficient (Wildman–Crippen LogP) is 4.64. The summed E-state index contributed by atoms with van der Waals surface area (Å²) in [5, 5.41) is 14.7. The minimum Gasteiger partial charge on any atom is -0.493 e. The number of hydrogen-bond acceptors (Lipinski definition) is 8. The quantitative estimate of drug-likeness (QED) is 0.179. The molecule has 0 spiro atoms. The van der Waals surface area contributed by atoms with Crippen molar-refractivity contribution in [1.82, 2.24) is 19.0 Å². The number of para-hydroxylation sites is 1. The molecule has 4 aromatic rings. The van der Waals surface area contributed by atoms with Crippen LogP contribution in [0.1, 0.15) is 18.1 Å². The highest BCUT2D eigenvalue weighted by molar-refractivity contribution is 7.89. The largest absolute Gasteiger partial charge is 0.493 e. The maximum atomic E-state index is 14.0. The predicted molar refractivity (Wildman–Crippen MR) is 176 cm³/mol. The van der Waals surface area contributed by atoms with Gasteiger partial charge < -0.3 is 9.47 Å². The zero-order valence-electron chi connectivity index (χ0n) is 26.6. The summed E-state index contributed by atoms with van der Waals surface area (Å²) < 4.78 is 39.4. The molecule has 0 saturated carbocycles. The summed E-state index contributed by atoms with van der Waals surface area (Å²) >= 11 is 0. The minimum absolute atomic E-state index is 0.0174. The number of sulfonamides is 1. The first-order chi connectivity index (χ1) is 22.5. The summed E-state index contributed by atoms with van der Waals surface area (Å²) in [7, 11) is 2.22. The molecule has 1 aliphatic rings. The van der Waals surface area contributed by atoms with Gasteiger partial charge in [0.25, 0.3) is 11.8 Å². The molecule has 0 aliphatic carbocycles. The Kier molecular flexibility index (Phi) is 9.41. The van der Waals surface area contributed by atoms with Gasteiger partial charge in [0, 0.05) is 43.5 Å². The molecule has 11 nitrogen and oxygen atoms in total. The molecule has 2 heterocycles. The Morgan fingerprint density at radius 3 is 2.32 bits per heavy atom. The fourth-order valence-electron chi connectivity index (χ4n) is 5.21. The Bertz CT molecular complexity index is 2070. The first-order valence-electron chi connectivity index (χ1n) is 14.6. The molecule has 240 valence electrons. The van der Waals surface area contributed by atoms with Crippen LogP contribution in [0.15, 0.2) is 101 Å². The van der Waals surface area contributed by atoms with E-state index in [4.69, 9.17) is 14.6 Å². The Morgan fingerprint density at radius 1 is 0.936 bits per heavy atom. The van der Waals surface area contributed by atoms with E-state index in [0.29, 0.717) is 34.7 Å². The number of amides is 2. The molecule has 2 amide bonds. The Morgan fingerprint density at radius 2 is 1.66 bits per heavy atom. The summed E-state index contributed by atoms with van der Waals surface area (Å²) in [6.45, 7) is 1.58.